The van der Waals surface area contributed by atoms with E-state index in [0.717, 1.165) is 12.8 Å². The number of nitrogens with zero attached hydrogens (tertiary/aromatic N) is 1. The minimum atomic E-state index is -1.08. The normalized spacial score (nSPS) is 22.2. The number of carbonyl (C=O) groups is 3. The fourth-order valence-electron chi connectivity index (χ4n) is 2.00. The van der Waals surface area contributed by atoms with Crippen molar-refractivity contribution in [3.05, 3.63) is 0 Å². The second kappa shape index (κ2) is 6.56. The van der Waals surface area contributed by atoms with Crippen LogP contribution in [0.5, 0.6) is 0 Å². The Labute approximate surface area is 116 Å². The van der Waals surface area contributed by atoms with Crippen molar-refractivity contribution in [1.82, 2.24) is 15.5 Å². The van der Waals surface area contributed by atoms with E-state index in [4.69, 9.17) is 9.84 Å². The van der Waals surface area contributed by atoms with Crippen molar-refractivity contribution in [2.75, 3.05) is 32.8 Å². The van der Waals surface area contributed by atoms with Crippen LogP contribution in [-0.2, 0) is 14.3 Å². The quantitative estimate of drug-likeness (QED) is 0.562. The SMILES string of the molecule is O=C(NCCNC(=O)N1CCOCC1C(=O)O)C1CC1. The Balaban J connectivity index is 1.69. The Morgan fingerprint density at radius 1 is 1.20 bits per heavy atom. The van der Waals surface area contributed by atoms with E-state index in [2.05, 4.69) is 10.6 Å². The lowest BCUT2D eigenvalue weighted by atomic mass is 10.2. The van der Waals surface area contributed by atoms with Crippen LogP contribution >= 0.6 is 0 Å². The fourth-order valence-corrected chi connectivity index (χ4v) is 2.00. The molecule has 0 aromatic heterocycles. The highest BCUT2D eigenvalue weighted by Gasteiger charge is 2.32. The molecule has 112 valence electrons. The van der Waals surface area contributed by atoms with Crippen molar-refractivity contribution in [2.45, 2.75) is 18.9 Å². The number of aliphatic carboxylic acids is 1. The maximum absolute atomic E-state index is 11.9. The zero-order valence-electron chi connectivity index (χ0n) is 11.1. The molecule has 2 rings (SSSR count). The highest BCUT2D eigenvalue weighted by Crippen LogP contribution is 2.28. The number of carboxylic acids is 1. The van der Waals surface area contributed by atoms with Crippen LogP contribution in [0.1, 0.15) is 12.8 Å². The summed E-state index contributed by atoms with van der Waals surface area (Å²) in [6, 6.07) is -1.40. The number of morpholine rings is 1. The summed E-state index contributed by atoms with van der Waals surface area (Å²) in [4.78, 5) is 35.5. The Morgan fingerprint density at radius 3 is 2.55 bits per heavy atom. The monoisotopic (exact) mass is 285 g/mol. The Morgan fingerprint density at radius 2 is 1.90 bits per heavy atom. The maximum atomic E-state index is 11.9. The summed E-state index contributed by atoms with van der Waals surface area (Å²) < 4.78 is 5.05. The summed E-state index contributed by atoms with van der Waals surface area (Å²) in [5.41, 5.74) is 0. The van der Waals surface area contributed by atoms with Gasteiger partial charge in [-0.05, 0) is 12.8 Å². The van der Waals surface area contributed by atoms with E-state index in [9.17, 15) is 14.4 Å². The number of carboxylic acid groups (broad SMARTS) is 1. The van der Waals surface area contributed by atoms with Crippen LogP contribution in [0.15, 0.2) is 0 Å². The first kappa shape index (κ1) is 14.6. The van der Waals surface area contributed by atoms with Gasteiger partial charge in [0, 0.05) is 25.6 Å². The zero-order chi connectivity index (χ0) is 14.5. The third-order valence-electron chi connectivity index (χ3n) is 3.32. The number of rotatable bonds is 5. The molecule has 0 bridgehead atoms. The molecule has 1 aliphatic carbocycles. The van der Waals surface area contributed by atoms with Gasteiger partial charge in [-0.2, -0.15) is 0 Å². The first-order valence-corrected chi connectivity index (χ1v) is 6.72. The number of hydrogen-bond donors (Lipinski definition) is 3. The average molecular weight is 285 g/mol. The Kier molecular flexibility index (Phi) is 4.78. The summed E-state index contributed by atoms with van der Waals surface area (Å²) in [5.74, 6) is -0.919. The summed E-state index contributed by atoms with van der Waals surface area (Å²) >= 11 is 0. The van der Waals surface area contributed by atoms with Crippen LogP contribution in [-0.4, -0.2) is 66.8 Å². The predicted molar refractivity (Wildman–Crippen MR) is 68.1 cm³/mol. The molecule has 3 amide bonds. The number of urea groups is 1. The van der Waals surface area contributed by atoms with Gasteiger partial charge in [0.2, 0.25) is 5.91 Å². The van der Waals surface area contributed by atoms with Crippen molar-refractivity contribution in [2.24, 2.45) is 5.92 Å². The van der Waals surface area contributed by atoms with E-state index >= 15 is 0 Å². The summed E-state index contributed by atoms with van der Waals surface area (Å²) in [7, 11) is 0. The molecular formula is C12H19N3O5. The highest BCUT2D eigenvalue weighted by atomic mass is 16.5. The van der Waals surface area contributed by atoms with Gasteiger partial charge in [0.15, 0.2) is 6.04 Å². The van der Waals surface area contributed by atoms with Gasteiger partial charge >= 0.3 is 12.0 Å². The van der Waals surface area contributed by atoms with Gasteiger partial charge in [-0.1, -0.05) is 0 Å². The van der Waals surface area contributed by atoms with Crippen LogP contribution in [0, 0.1) is 5.92 Å². The molecule has 1 aliphatic heterocycles. The second-order valence-corrected chi connectivity index (χ2v) is 4.92. The van der Waals surface area contributed by atoms with Crippen LogP contribution in [0.4, 0.5) is 4.79 Å². The predicted octanol–water partition coefficient (Wildman–Crippen LogP) is -0.992. The first-order valence-electron chi connectivity index (χ1n) is 6.72. The Bertz CT molecular complexity index is 397. The topological polar surface area (TPSA) is 108 Å². The van der Waals surface area contributed by atoms with Crippen LogP contribution in [0.25, 0.3) is 0 Å². The van der Waals surface area contributed by atoms with Crippen molar-refractivity contribution in [3.8, 4) is 0 Å². The minimum Gasteiger partial charge on any atom is -0.480 e. The van der Waals surface area contributed by atoms with Crippen LogP contribution in [0.3, 0.4) is 0 Å². The molecule has 8 nitrogen and oxygen atoms in total. The molecule has 3 N–H and O–H groups in total. The molecule has 8 heteroatoms. The van der Waals surface area contributed by atoms with Gasteiger partial charge in [0.1, 0.15) is 0 Å². The van der Waals surface area contributed by atoms with E-state index in [0.29, 0.717) is 13.2 Å². The molecular weight excluding hydrogens is 266 g/mol. The lowest BCUT2D eigenvalue weighted by molar-refractivity contribution is -0.147. The average Bonchev–Trinajstić information content (AvgIpc) is 3.27. The molecule has 20 heavy (non-hydrogen) atoms. The number of carbonyl (C=O) groups excluding carboxylic acids is 2. The van der Waals surface area contributed by atoms with Crippen molar-refractivity contribution in [1.29, 1.82) is 0 Å². The summed E-state index contributed by atoms with van der Waals surface area (Å²) in [6.07, 6.45) is 1.87. The van der Waals surface area contributed by atoms with Gasteiger partial charge in [-0.15, -0.1) is 0 Å². The van der Waals surface area contributed by atoms with Gasteiger partial charge in [0.25, 0.3) is 0 Å². The number of amides is 3. The van der Waals surface area contributed by atoms with Gasteiger partial charge in [-0.25, -0.2) is 9.59 Å². The highest BCUT2D eigenvalue weighted by molar-refractivity contribution is 5.83. The standard InChI is InChI=1S/C12H19N3O5/c16-10(8-1-2-8)13-3-4-14-12(19)15-5-6-20-7-9(15)11(17)18/h8-9H,1-7H2,(H,13,16)(H,14,19)(H,17,18). The molecule has 1 saturated carbocycles. The molecule has 2 fully saturated rings. The third kappa shape index (κ3) is 3.83. The number of hydrogen-bond acceptors (Lipinski definition) is 4. The Hall–Kier alpha value is -1.83. The third-order valence-corrected chi connectivity index (χ3v) is 3.32. The van der Waals surface area contributed by atoms with E-state index in [1.807, 2.05) is 0 Å². The molecule has 0 aromatic carbocycles. The van der Waals surface area contributed by atoms with Gasteiger partial charge in [-0.3, -0.25) is 4.79 Å². The van der Waals surface area contributed by atoms with Crippen molar-refractivity contribution in [3.63, 3.8) is 0 Å². The maximum Gasteiger partial charge on any atom is 0.328 e. The lowest BCUT2D eigenvalue weighted by Crippen LogP contribution is -2.56. The van der Waals surface area contributed by atoms with Crippen LogP contribution in [0.2, 0.25) is 0 Å². The smallest absolute Gasteiger partial charge is 0.328 e. The molecule has 0 aromatic rings. The molecule has 1 saturated heterocycles. The largest absolute Gasteiger partial charge is 0.480 e. The lowest BCUT2D eigenvalue weighted by Gasteiger charge is -2.32. The molecule has 1 heterocycles. The minimum absolute atomic E-state index is 0.00116. The van der Waals surface area contributed by atoms with Crippen molar-refractivity contribution < 1.29 is 24.2 Å². The first-order chi connectivity index (χ1) is 9.59. The summed E-state index contributed by atoms with van der Waals surface area (Å²) in [6.45, 7) is 1.21. The molecule has 1 unspecified atom stereocenters. The molecule has 0 spiro atoms. The van der Waals surface area contributed by atoms with Crippen LogP contribution < -0.4 is 10.6 Å². The number of nitrogens with one attached hydrogen (secondary N) is 2. The summed E-state index contributed by atoms with van der Waals surface area (Å²) in [5, 5.41) is 14.3. The van der Waals surface area contributed by atoms with E-state index in [-0.39, 0.29) is 31.5 Å². The molecule has 0 radical (unpaired) electrons. The van der Waals surface area contributed by atoms with Gasteiger partial charge < -0.3 is 25.4 Å². The molecule has 2 aliphatic rings. The van der Waals surface area contributed by atoms with E-state index < -0.39 is 18.0 Å². The fraction of sp³-hybridized carbons (Fsp3) is 0.750. The van der Waals surface area contributed by atoms with Crippen molar-refractivity contribution >= 4 is 17.9 Å². The number of ether oxygens (including phenoxy) is 1. The van der Waals surface area contributed by atoms with Gasteiger partial charge in [0.05, 0.1) is 13.2 Å². The zero-order valence-corrected chi connectivity index (χ0v) is 11.1. The van der Waals surface area contributed by atoms with E-state index in [1.165, 1.54) is 4.90 Å². The van der Waals surface area contributed by atoms with E-state index in [1.54, 1.807) is 0 Å². The molecule has 1 atom stereocenters. The second-order valence-electron chi connectivity index (χ2n) is 4.92.